The summed E-state index contributed by atoms with van der Waals surface area (Å²) in [6.07, 6.45) is -2.97. The Morgan fingerprint density at radius 2 is 2.12 bits per heavy atom. The molecule has 0 unspecified atom stereocenters. The van der Waals surface area contributed by atoms with Crippen molar-refractivity contribution >= 4 is 23.6 Å². The molecule has 0 bridgehead atoms. The van der Waals surface area contributed by atoms with Crippen molar-refractivity contribution < 1.29 is 13.2 Å². The molecule has 1 aliphatic heterocycles. The van der Waals surface area contributed by atoms with Gasteiger partial charge in [-0.2, -0.15) is 13.2 Å². The lowest BCUT2D eigenvalue weighted by Crippen LogP contribution is -2.28. The zero-order valence-electron chi connectivity index (χ0n) is 8.63. The molecule has 1 heterocycles. The number of alkyl halides is 3. The molecule has 0 saturated heterocycles. The minimum Gasteiger partial charge on any atom is -0.297 e. The normalized spacial score (nSPS) is 15.4. The van der Waals surface area contributed by atoms with Gasteiger partial charge in [0.15, 0.2) is 0 Å². The maximum atomic E-state index is 12.8. The molecule has 3 nitrogen and oxygen atoms in total. The first-order chi connectivity index (χ1) is 7.97. The third-order valence-corrected chi connectivity index (χ3v) is 2.48. The fourth-order valence-electron chi connectivity index (χ4n) is 1.47. The summed E-state index contributed by atoms with van der Waals surface area (Å²) < 4.78 is 38.3. The molecule has 7 heteroatoms. The van der Waals surface area contributed by atoms with Gasteiger partial charge in [0.25, 0.3) is 0 Å². The Labute approximate surface area is 101 Å². The quantitative estimate of drug-likeness (QED) is 0.888. The van der Waals surface area contributed by atoms with Gasteiger partial charge in [-0.05, 0) is 18.2 Å². The van der Waals surface area contributed by atoms with Crippen LogP contribution in [0.2, 0.25) is 5.02 Å². The second-order valence-electron chi connectivity index (χ2n) is 3.51. The van der Waals surface area contributed by atoms with Crippen molar-refractivity contribution in [2.75, 3.05) is 18.5 Å². The van der Waals surface area contributed by atoms with Crippen molar-refractivity contribution in [3.8, 4) is 0 Å². The molecular weight excluding hydrogens is 255 g/mol. The highest BCUT2D eigenvalue weighted by Crippen LogP contribution is 2.36. The summed E-state index contributed by atoms with van der Waals surface area (Å²) in [6.45, 7) is 1.11. The minimum atomic E-state index is -4.44. The number of benzene rings is 1. The van der Waals surface area contributed by atoms with E-state index in [0.717, 1.165) is 6.07 Å². The van der Waals surface area contributed by atoms with Crippen LogP contribution >= 0.6 is 11.6 Å². The lowest BCUT2D eigenvalue weighted by atomic mass is 10.2. The van der Waals surface area contributed by atoms with Crippen molar-refractivity contribution in [1.29, 1.82) is 0 Å². The van der Waals surface area contributed by atoms with Gasteiger partial charge >= 0.3 is 6.18 Å². The molecule has 0 aliphatic carbocycles. The maximum Gasteiger partial charge on any atom is 0.418 e. The van der Waals surface area contributed by atoms with Crippen molar-refractivity contribution in [1.82, 2.24) is 5.01 Å². The standard InChI is InChI=1S/C10H9ClF3N3/c11-7-1-2-9(8(5-7)10(12,13)14)16-17-4-3-15-6-17/h1-2,5-6,16H,3-4H2. The van der Waals surface area contributed by atoms with E-state index in [1.54, 1.807) is 0 Å². The van der Waals surface area contributed by atoms with Gasteiger partial charge < -0.3 is 0 Å². The van der Waals surface area contributed by atoms with Gasteiger partial charge in [-0.25, -0.2) is 0 Å². The Morgan fingerprint density at radius 3 is 2.71 bits per heavy atom. The highest BCUT2D eigenvalue weighted by molar-refractivity contribution is 6.30. The lowest BCUT2D eigenvalue weighted by molar-refractivity contribution is -0.137. The largest absolute Gasteiger partial charge is 0.418 e. The van der Waals surface area contributed by atoms with Crippen LogP contribution in [-0.4, -0.2) is 24.4 Å². The van der Waals surface area contributed by atoms with Crippen molar-refractivity contribution in [2.45, 2.75) is 6.18 Å². The van der Waals surface area contributed by atoms with Crippen molar-refractivity contribution in [3.63, 3.8) is 0 Å². The van der Waals surface area contributed by atoms with Crippen LogP contribution in [0, 0.1) is 0 Å². The summed E-state index contributed by atoms with van der Waals surface area (Å²) in [6, 6.07) is 3.61. The van der Waals surface area contributed by atoms with Crippen LogP contribution in [0.25, 0.3) is 0 Å². The number of halogens is 4. The first-order valence-electron chi connectivity index (χ1n) is 4.87. The van der Waals surface area contributed by atoms with Crippen LogP contribution in [0.4, 0.5) is 18.9 Å². The average molecular weight is 264 g/mol. The SMILES string of the molecule is FC(F)(F)c1cc(Cl)ccc1NN1C=NCC1. The van der Waals surface area contributed by atoms with Crippen molar-refractivity contribution in [3.05, 3.63) is 28.8 Å². The van der Waals surface area contributed by atoms with Crippen molar-refractivity contribution in [2.24, 2.45) is 4.99 Å². The second kappa shape index (κ2) is 4.44. The summed E-state index contributed by atoms with van der Waals surface area (Å²) in [4.78, 5) is 3.90. The van der Waals surface area contributed by atoms with Gasteiger partial charge in [0.2, 0.25) is 0 Å². The van der Waals surface area contributed by atoms with E-state index in [9.17, 15) is 13.2 Å². The van der Waals surface area contributed by atoms with E-state index < -0.39 is 11.7 Å². The van der Waals surface area contributed by atoms with E-state index in [1.165, 1.54) is 23.5 Å². The number of nitrogens with zero attached hydrogens (tertiary/aromatic N) is 2. The smallest absolute Gasteiger partial charge is 0.297 e. The Morgan fingerprint density at radius 1 is 1.35 bits per heavy atom. The monoisotopic (exact) mass is 263 g/mol. The number of hydrazine groups is 1. The number of nitrogens with one attached hydrogen (secondary N) is 1. The van der Waals surface area contributed by atoms with Gasteiger partial charge in [-0.1, -0.05) is 11.6 Å². The molecule has 1 aliphatic rings. The van der Waals surface area contributed by atoms with E-state index in [1.807, 2.05) is 0 Å². The van der Waals surface area contributed by atoms with E-state index in [4.69, 9.17) is 11.6 Å². The summed E-state index contributed by atoms with van der Waals surface area (Å²) >= 11 is 5.57. The zero-order valence-corrected chi connectivity index (χ0v) is 9.39. The van der Waals surface area contributed by atoms with Gasteiger partial charge in [0.1, 0.15) is 6.34 Å². The summed E-state index contributed by atoms with van der Waals surface area (Å²) in [5.74, 6) is 0. The molecular formula is C10H9ClF3N3. The van der Waals surface area contributed by atoms with Crippen LogP contribution in [0.5, 0.6) is 0 Å². The fourth-order valence-corrected chi connectivity index (χ4v) is 1.64. The number of hydrogen-bond acceptors (Lipinski definition) is 3. The molecule has 0 spiro atoms. The predicted octanol–water partition coefficient (Wildman–Crippen LogP) is 3.03. The number of rotatable bonds is 2. The molecule has 1 aromatic rings. The average Bonchev–Trinajstić information content (AvgIpc) is 2.72. The highest BCUT2D eigenvalue weighted by Gasteiger charge is 2.34. The Bertz CT molecular complexity index is 445. The van der Waals surface area contributed by atoms with E-state index in [0.29, 0.717) is 13.1 Å². The van der Waals surface area contributed by atoms with Gasteiger partial charge in [0, 0.05) is 5.02 Å². The third-order valence-electron chi connectivity index (χ3n) is 2.24. The van der Waals surface area contributed by atoms with Crippen LogP contribution in [0.1, 0.15) is 5.56 Å². The zero-order chi connectivity index (χ0) is 12.5. The molecule has 17 heavy (non-hydrogen) atoms. The molecule has 0 aromatic heterocycles. The molecule has 1 aromatic carbocycles. The van der Waals surface area contributed by atoms with Crippen LogP contribution < -0.4 is 5.43 Å². The van der Waals surface area contributed by atoms with E-state index in [2.05, 4.69) is 10.4 Å². The van der Waals surface area contributed by atoms with Crippen LogP contribution in [0.3, 0.4) is 0 Å². The molecule has 0 radical (unpaired) electrons. The molecule has 0 fully saturated rings. The Kier molecular flexibility index (Phi) is 3.15. The van der Waals surface area contributed by atoms with E-state index >= 15 is 0 Å². The molecule has 0 atom stereocenters. The molecule has 0 amide bonds. The molecule has 92 valence electrons. The molecule has 2 rings (SSSR count). The fraction of sp³-hybridized carbons (Fsp3) is 0.300. The number of aliphatic imine (C=N–C) groups is 1. The molecule has 1 N–H and O–H groups in total. The Hall–Kier alpha value is -1.43. The van der Waals surface area contributed by atoms with Gasteiger partial charge in [-0.3, -0.25) is 15.4 Å². The molecule has 0 saturated carbocycles. The summed E-state index contributed by atoms with van der Waals surface area (Å²) in [5, 5.41) is 1.55. The first-order valence-corrected chi connectivity index (χ1v) is 5.24. The second-order valence-corrected chi connectivity index (χ2v) is 3.95. The lowest BCUT2D eigenvalue weighted by Gasteiger charge is -2.20. The summed E-state index contributed by atoms with van der Waals surface area (Å²) in [7, 11) is 0. The predicted molar refractivity (Wildman–Crippen MR) is 60.1 cm³/mol. The van der Waals surface area contributed by atoms with Gasteiger partial charge in [0.05, 0.1) is 24.3 Å². The van der Waals surface area contributed by atoms with Crippen LogP contribution in [-0.2, 0) is 6.18 Å². The number of hydrogen-bond donors (Lipinski definition) is 1. The van der Waals surface area contributed by atoms with E-state index in [-0.39, 0.29) is 10.7 Å². The van der Waals surface area contributed by atoms with Crippen LogP contribution in [0.15, 0.2) is 23.2 Å². The first kappa shape index (κ1) is 12.0. The minimum absolute atomic E-state index is 0.0322. The highest BCUT2D eigenvalue weighted by atomic mass is 35.5. The topological polar surface area (TPSA) is 27.6 Å². The summed E-state index contributed by atoms with van der Waals surface area (Å²) in [5.41, 5.74) is 1.83. The number of anilines is 1. The Balaban J connectivity index is 2.29. The maximum absolute atomic E-state index is 12.8. The third kappa shape index (κ3) is 2.82. The van der Waals surface area contributed by atoms with Gasteiger partial charge in [-0.15, -0.1) is 0 Å².